The van der Waals surface area contributed by atoms with Gasteiger partial charge in [-0.2, -0.15) is 12.6 Å². The fourth-order valence-corrected chi connectivity index (χ4v) is 3.12. The number of hydrogen-bond acceptors (Lipinski definition) is 9. The van der Waals surface area contributed by atoms with Crippen LogP contribution in [0.4, 0.5) is 0 Å². The minimum Gasteiger partial charge on any atom is -0.480 e. The lowest BCUT2D eigenvalue weighted by atomic mass is 10.1. The highest BCUT2D eigenvalue weighted by atomic mass is 32.1. The van der Waals surface area contributed by atoms with Crippen LogP contribution in [0.2, 0.25) is 0 Å². The summed E-state index contributed by atoms with van der Waals surface area (Å²) in [7, 11) is 0. The molecule has 0 bridgehead atoms. The number of nitrogens with one attached hydrogen (secondary N) is 5. The Balaban J connectivity index is 2.17. The molecule has 0 aliphatic heterocycles. The van der Waals surface area contributed by atoms with Crippen LogP contribution >= 0.6 is 12.6 Å². The Hall–Kier alpha value is -3.92. The van der Waals surface area contributed by atoms with Gasteiger partial charge in [-0.05, 0) is 0 Å². The average Bonchev–Trinajstić information content (AvgIpc) is 3.50. The lowest BCUT2D eigenvalue weighted by Gasteiger charge is -2.24. The zero-order valence-electron chi connectivity index (χ0n) is 18.4. The molecule has 10 N–H and O–H groups in total. The molecular weight excluding hydrogens is 482 g/mol. The van der Waals surface area contributed by atoms with Crippen molar-refractivity contribution >= 4 is 42.2 Å². The summed E-state index contributed by atoms with van der Waals surface area (Å²) < 4.78 is 0. The molecule has 0 aromatic carbocycles. The summed E-state index contributed by atoms with van der Waals surface area (Å²) in [6.07, 6.45) is 4.77. The highest BCUT2D eigenvalue weighted by Crippen LogP contribution is 2.04. The van der Waals surface area contributed by atoms with Crippen molar-refractivity contribution in [3.05, 3.63) is 36.4 Å². The molecule has 16 heteroatoms. The molecule has 2 aromatic heterocycles. The Morgan fingerprint density at radius 1 is 0.886 bits per heavy atom. The number of carboxylic acid groups (broad SMARTS) is 1. The number of aromatic nitrogens is 4. The number of nitrogens with zero attached hydrogens (tertiary/aromatic N) is 2. The van der Waals surface area contributed by atoms with Crippen LogP contribution < -0.4 is 27.4 Å². The molecule has 15 nitrogen and oxygen atoms in total. The minimum absolute atomic E-state index is 0.0177. The van der Waals surface area contributed by atoms with Crippen LogP contribution in [0.5, 0.6) is 0 Å². The third kappa shape index (κ3) is 8.74. The van der Waals surface area contributed by atoms with Gasteiger partial charge in [0, 0.05) is 42.4 Å². The molecular formula is C19H27N9O6S. The molecule has 2 heterocycles. The van der Waals surface area contributed by atoms with Crippen molar-refractivity contribution in [3.8, 4) is 0 Å². The topological polar surface area (TPSA) is 251 Å². The van der Waals surface area contributed by atoms with E-state index in [2.05, 4.69) is 48.5 Å². The summed E-state index contributed by atoms with van der Waals surface area (Å²) in [5.74, 6) is -4.70. The lowest BCUT2D eigenvalue weighted by Crippen LogP contribution is -2.58. The number of rotatable bonds is 14. The van der Waals surface area contributed by atoms with Crippen LogP contribution in [0.15, 0.2) is 25.0 Å². The van der Waals surface area contributed by atoms with Gasteiger partial charge >= 0.3 is 5.97 Å². The smallest absolute Gasteiger partial charge is 0.326 e. The van der Waals surface area contributed by atoms with E-state index in [1.165, 1.54) is 25.0 Å². The highest BCUT2D eigenvalue weighted by molar-refractivity contribution is 7.80. The maximum atomic E-state index is 13.0. The predicted molar refractivity (Wildman–Crippen MR) is 124 cm³/mol. The Morgan fingerprint density at radius 2 is 1.37 bits per heavy atom. The number of aromatic amines is 2. The Kier molecular flexibility index (Phi) is 10.2. The van der Waals surface area contributed by atoms with E-state index in [1.54, 1.807) is 0 Å². The summed E-state index contributed by atoms with van der Waals surface area (Å²) in [6.45, 7) is 0. The normalized spacial score (nSPS) is 14.2. The van der Waals surface area contributed by atoms with Crippen molar-refractivity contribution < 1.29 is 29.1 Å². The monoisotopic (exact) mass is 509 g/mol. The summed E-state index contributed by atoms with van der Waals surface area (Å²) in [4.78, 5) is 74.4. The molecule has 0 aliphatic rings. The van der Waals surface area contributed by atoms with Crippen molar-refractivity contribution in [3.63, 3.8) is 0 Å². The first-order valence-corrected chi connectivity index (χ1v) is 11.0. The van der Waals surface area contributed by atoms with Gasteiger partial charge in [0.05, 0.1) is 25.1 Å². The molecule has 35 heavy (non-hydrogen) atoms. The van der Waals surface area contributed by atoms with Gasteiger partial charge in [-0.25, -0.2) is 14.8 Å². The first-order valence-electron chi connectivity index (χ1n) is 10.3. The molecule has 0 radical (unpaired) electrons. The van der Waals surface area contributed by atoms with Gasteiger partial charge in [0.25, 0.3) is 0 Å². The van der Waals surface area contributed by atoms with Crippen molar-refractivity contribution in [1.29, 1.82) is 0 Å². The number of imidazole rings is 2. The Labute approximate surface area is 204 Å². The van der Waals surface area contributed by atoms with Crippen molar-refractivity contribution in [2.24, 2.45) is 11.5 Å². The quantitative estimate of drug-likeness (QED) is 0.115. The Morgan fingerprint density at radius 3 is 1.83 bits per heavy atom. The lowest BCUT2D eigenvalue weighted by molar-refractivity contribution is -0.142. The summed E-state index contributed by atoms with van der Waals surface area (Å²) >= 11 is 3.96. The summed E-state index contributed by atoms with van der Waals surface area (Å²) in [5, 5.41) is 16.6. The van der Waals surface area contributed by atoms with E-state index >= 15 is 0 Å². The number of primary amides is 1. The summed E-state index contributed by atoms with van der Waals surface area (Å²) in [6, 6.07) is -5.11. The maximum Gasteiger partial charge on any atom is 0.326 e. The number of carbonyl (C=O) groups excluding carboxylic acids is 4. The number of carbonyl (C=O) groups is 5. The number of thiol groups is 1. The standard InChI is InChI=1S/C19H27N9O6S/c20-11(6-35)16(30)26-12(1-9-4-22-7-24-9)17(31)27-13(3-15(21)29)18(32)28-14(19(33)34)2-10-5-23-8-25-10/h4-5,7-8,11-14,35H,1-3,6,20H2,(H2,21,29)(H,22,24)(H,23,25)(H,26,30)(H,27,31)(H,28,32)(H,33,34). The zero-order valence-corrected chi connectivity index (χ0v) is 19.3. The number of H-pyrrole nitrogens is 2. The van der Waals surface area contributed by atoms with E-state index in [4.69, 9.17) is 11.5 Å². The van der Waals surface area contributed by atoms with Crippen molar-refractivity contribution in [1.82, 2.24) is 35.9 Å². The number of carboxylic acids is 1. The molecule has 190 valence electrons. The van der Waals surface area contributed by atoms with Gasteiger partial charge in [-0.15, -0.1) is 0 Å². The first kappa shape index (κ1) is 27.3. The maximum absolute atomic E-state index is 13.0. The van der Waals surface area contributed by atoms with E-state index in [1.807, 2.05) is 0 Å². The molecule has 0 fully saturated rings. The second kappa shape index (κ2) is 13.1. The van der Waals surface area contributed by atoms with E-state index in [0.717, 1.165) is 0 Å². The van der Waals surface area contributed by atoms with Gasteiger partial charge in [0.15, 0.2) is 0 Å². The van der Waals surface area contributed by atoms with Crippen LogP contribution in [-0.2, 0) is 36.8 Å². The number of nitrogens with two attached hydrogens (primary N) is 2. The van der Waals surface area contributed by atoms with Crippen LogP contribution in [0.25, 0.3) is 0 Å². The molecule has 0 saturated carbocycles. The number of amides is 4. The first-order chi connectivity index (χ1) is 16.6. The molecule has 0 saturated heterocycles. The summed E-state index contributed by atoms with van der Waals surface area (Å²) in [5.41, 5.74) is 11.8. The fraction of sp³-hybridized carbons (Fsp3) is 0.421. The average molecular weight is 510 g/mol. The molecule has 4 unspecified atom stereocenters. The van der Waals surface area contributed by atoms with Crippen molar-refractivity contribution in [2.45, 2.75) is 43.4 Å². The van der Waals surface area contributed by atoms with Crippen LogP contribution in [0, 0.1) is 0 Å². The highest BCUT2D eigenvalue weighted by Gasteiger charge is 2.31. The largest absolute Gasteiger partial charge is 0.480 e. The third-order valence-corrected chi connectivity index (χ3v) is 5.17. The fourth-order valence-electron chi connectivity index (χ4n) is 2.96. The second-order valence-electron chi connectivity index (χ2n) is 7.54. The SMILES string of the molecule is NC(=O)CC(NC(=O)C(Cc1cnc[nH]1)NC(=O)C(N)CS)C(=O)NC(Cc1cnc[nH]1)C(=O)O. The predicted octanol–water partition coefficient (Wildman–Crippen LogP) is -3.41. The second-order valence-corrected chi connectivity index (χ2v) is 7.91. The molecule has 2 aromatic rings. The van der Waals surface area contributed by atoms with Crippen LogP contribution in [0.3, 0.4) is 0 Å². The molecule has 4 amide bonds. The number of hydrogen-bond donors (Lipinski definition) is 9. The minimum atomic E-state index is -1.51. The number of aliphatic carboxylic acids is 1. The van der Waals surface area contributed by atoms with Gasteiger partial charge in [-0.3, -0.25) is 19.2 Å². The molecule has 0 aliphatic carbocycles. The van der Waals surface area contributed by atoms with Gasteiger partial charge in [-0.1, -0.05) is 0 Å². The molecule has 2 rings (SSSR count). The van der Waals surface area contributed by atoms with Gasteiger partial charge < -0.3 is 42.5 Å². The van der Waals surface area contributed by atoms with E-state index in [0.29, 0.717) is 11.4 Å². The van der Waals surface area contributed by atoms with E-state index < -0.39 is 60.2 Å². The van der Waals surface area contributed by atoms with Gasteiger partial charge in [0.2, 0.25) is 23.6 Å². The zero-order chi connectivity index (χ0) is 26.0. The Bertz CT molecular complexity index is 1010. The van der Waals surface area contributed by atoms with Crippen LogP contribution in [0.1, 0.15) is 17.8 Å². The molecule has 4 atom stereocenters. The van der Waals surface area contributed by atoms with Crippen LogP contribution in [-0.4, -0.2) is 84.6 Å². The third-order valence-electron chi connectivity index (χ3n) is 4.78. The van der Waals surface area contributed by atoms with Gasteiger partial charge in [0.1, 0.15) is 18.1 Å². The van der Waals surface area contributed by atoms with E-state index in [9.17, 15) is 29.1 Å². The van der Waals surface area contributed by atoms with E-state index in [-0.39, 0.29) is 18.6 Å². The van der Waals surface area contributed by atoms with Crippen molar-refractivity contribution in [2.75, 3.05) is 5.75 Å². The molecule has 0 spiro atoms.